The van der Waals surface area contributed by atoms with Gasteiger partial charge in [-0.2, -0.15) is 5.10 Å². The SMILES string of the molecule is Cc1cc(Cl)c(C(=O)NC(C)c2ncn[nH]2)cn1. The molecule has 7 heteroatoms. The first-order chi connectivity index (χ1) is 8.58. The Morgan fingerprint density at radius 1 is 1.50 bits per heavy atom. The van der Waals surface area contributed by atoms with E-state index in [-0.39, 0.29) is 11.9 Å². The molecule has 2 rings (SSSR count). The Labute approximate surface area is 109 Å². The van der Waals surface area contributed by atoms with Crippen LogP contribution in [-0.4, -0.2) is 26.1 Å². The number of halogens is 1. The lowest BCUT2D eigenvalue weighted by atomic mass is 10.2. The number of nitrogens with zero attached hydrogens (tertiary/aromatic N) is 3. The van der Waals surface area contributed by atoms with Crippen LogP contribution < -0.4 is 5.32 Å². The molecular formula is C11H12ClN5O. The lowest BCUT2D eigenvalue weighted by Gasteiger charge is -2.11. The van der Waals surface area contributed by atoms with Crippen LogP contribution in [0.15, 0.2) is 18.6 Å². The first-order valence-corrected chi connectivity index (χ1v) is 5.74. The van der Waals surface area contributed by atoms with Crippen molar-refractivity contribution >= 4 is 17.5 Å². The van der Waals surface area contributed by atoms with Gasteiger partial charge in [-0.1, -0.05) is 11.6 Å². The van der Waals surface area contributed by atoms with E-state index < -0.39 is 0 Å². The summed E-state index contributed by atoms with van der Waals surface area (Å²) in [5.41, 5.74) is 1.11. The second kappa shape index (κ2) is 5.14. The molecule has 94 valence electrons. The van der Waals surface area contributed by atoms with Gasteiger partial charge < -0.3 is 5.32 Å². The summed E-state index contributed by atoms with van der Waals surface area (Å²) in [6, 6.07) is 1.37. The van der Waals surface area contributed by atoms with Gasteiger partial charge in [0.1, 0.15) is 12.2 Å². The Morgan fingerprint density at radius 3 is 2.89 bits per heavy atom. The van der Waals surface area contributed by atoms with Crippen LogP contribution in [0.4, 0.5) is 0 Å². The maximum Gasteiger partial charge on any atom is 0.254 e. The molecule has 0 aliphatic rings. The van der Waals surface area contributed by atoms with Crippen molar-refractivity contribution in [1.82, 2.24) is 25.5 Å². The van der Waals surface area contributed by atoms with Crippen LogP contribution in [0, 0.1) is 6.92 Å². The topological polar surface area (TPSA) is 83.6 Å². The summed E-state index contributed by atoms with van der Waals surface area (Å²) in [5.74, 6) is 0.288. The summed E-state index contributed by atoms with van der Waals surface area (Å²) in [4.78, 5) is 20.0. The Kier molecular flexibility index (Phi) is 3.57. The molecule has 0 radical (unpaired) electrons. The molecule has 1 unspecified atom stereocenters. The molecule has 0 spiro atoms. The average Bonchev–Trinajstić information content (AvgIpc) is 2.81. The lowest BCUT2D eigenvalue weighted by Crippen LogP contribution is -2.27. The zero-order chi connectivity index (χ0) is 13.1. The number of aryl methyl sites for hydroxylation is 1. The van der Waals surface area contributed by atoms with Gasteiger partial charge in [0.05, 0.1) is 16.6 Å². The molecule has 2 heterocycles. The molecular weight excluding hydrogens is 254 g/mol. The Hall–Kier alpha value is -1.95. The number of carbonyl (C=O) groups is 1. The normalized spacial score (nSPS) is 12.2. The Morgan fingerprint density at radius 2 is 2.28 bits per heavy atom. The van der Waals surface area contributed by atoms with E-state index in [0.717, 1.165) is 5.69 Å². The molecule has 0 fully saturated rings. The summed E-state index contributed by atoms with van der Waals surface area (Å²) < 4.78 is 0. The fourth-order valence-corrected chi connectivity index (χ4v) is 1.75. The smallest absolute Gasteiger partial charge is 0.254 e. The van der Waals surface area contributed by atoms with Crippen LogP contribution in [0.3, 0.4) is 0 Å². The van der Waals surface area contributed by atoms with Crippen LogP contribution >= 0.6 is 11.6 Å². The highest BCUT2D eigenvalue weighted by atomic mass is 35.5. The number of hydrogen-bond donors (Lipinski definition) is 2. The molecule has 0 aliphatic heterocycles. The second-order valence-electron chi connectivity index (χ2n) is 3.87. The monoisotopic (exact) mass is 265 g/mol. The van der Waals surface area contributed by atoms with Crippen molar-refractivity contribution in [1.29, 1.82) is 0 Å². The lowest BCUT2D eigenvalue weighted by molar-refractivity contribution is 0.0938. The quantitative estimate of drug-likeness (QED) is 0.884. The van der Waals surface area contributed by atoms with E-state index in [4.69, 9.17) is 11.6 Å². The van der Waals surface area contributed by atoms with Crippen molar-refractivity contribution in [3.05, 3.63) is 40.7 Å². The molecule has 0 aromatic carbocycles. The average molecular weight is 266 g/mol. The highest BCUT2D eigenvalue weighted by molar-refractivity contribution is 6.33. The van der Waals surface area contributed by atoms with Crippen molar-refractivity contribution in [2.45, 2.75) is 19.9 Å². The van der Waals surface area contributed by atoms with Crippen molar-refractivity contribution in [3.63, 3.8) is 0 Å². The molecule has 0 aliphatic carbocycles. The van der Waals surface area contributed by atoms with Crippen LogP contribution in [0.25, 0.3) is 0 Å². The number of amides is 1. The van der Waals surface area contributed by atoms with Crippen molar-refractivity contribution in [3.8, 4) is 0 Å². The van der Waals surface area contributed by atoms with E-state index in [1.54, 1.807) is 13.0 Å². The van der Waals surface area contributed by atoms with E-state index in [1.165, 1.54) is 12.5 Å². The largest absolute Gasteiger partial charge is 0.342 e. The summed E-state index contributed by atoms with van der Waals surface area (Å²) in [6.45, 7) is 3.61. The van der Waals surface area contributed by atoms with Gasteiger partial charge in [0.15, 0.2) is 0 Å². The molecule has 18 heavy (non-hydrogen) atoms. The number of aromatic amines is 1. The summed E-state index contributed by atoms with van der Waals surface area (Å²) in [5, 5.41) is 9.56. The zero-order valence-corrected chi connectivity index (χ0v) is 10.7. The minimum Gasteiger partial charge on any atom is -0.342 e. The first kappa shape index (κ1) is 12.5. The van der Waals surface area contributed by atoms with Gasteiger partial charge in [-0.15, -0.1) is 0 Å². The van der Waals surface area contributed by atoms with Gasteiger partial charge in [-0.05, 0) is 19.9 Å². The maximum absolute atomic E-state index is 12.0. The molecule has 0 bridgehead atoms. The van der Waals surface area contributed by atoms with Crippen molar-refractivity contribution in [2.75, 3.05) is 0 Å². The van der Waals surface area contributed by atoms with Gasteiger partial charge in [0.2, 0.25) is 0 Å². The third-order valence-corrected chi connectivity index (χ3v) is 2.74. The fraction of sp³-hybridized carbons (Fsp3) is 0.273. The predicted octanol–water partition coefficient (Wildman–Crippen LogP) is 1.65. The minimum absolute atomic E-state index is 0.280. The molecule has 2 aromatic heterocycles. The van der Waals surface area contributed by atoms with Gasteiger partial charge in [-0.25, -0.2) is 4.98 Å². The number of rotatable bonds is 3. The highest BCUT2D eigenvalue weighted by Gasteiger charge is 2.16. The van der Waals surface area contributed by atoms with E-state index >= 15 is 0 Å². The Bertz CT molecular complexity index is 555. The predicted molar refractivity (Wildman–Crippen MR) is 66.2 cm³/mol. The molecule has 0 saturated heterocycles. The minimum atomic E-state index is -0.295. The maximum atomic E-state index is 12.0. The van der Waals surface area contributed by atoms with Crippen LogP contribution in [0.1, 0.15) is 34.8 Å². The van der Waals surface area contributed by atoms with Gasteiger partial charge in [0, 0.05) is 11.9 Å². The van der Waals surface area contributed by atoms with Crippen molar-refractivity contribution in [2.24, 2.45) is 0 Å². The molecule has 2 aromatic rings. The highest BCUT2D eigenvalue weighted by Crippen LogP contribution is 2.16. The fourth-order valence-electron chi connectivity index (χ4n) is 1.46. The summed E-state index contributed by atoms with van der Waals surface area (Å²) >= 11 is 6.00. The summed E-state index contributed by atoms with van der Waals surface area (Å²) in [7, 11) is 0. The zero-order valence-electron chi connectivity index (χ0n) is 9.94. The van der Waals surface area contributed by atoms with Crippen molar-refractivity contribution < 1.29 is 4.79 Å². The number of carbonyl (C=O) groups excluding carboxylic acids is 1. The van der Waals surface area contributed by atoms with Gasteiger partial charge in [-0.3, -0.25) is 14.9 Å². The van der Waals surface area contributed by atoms with Gasteiger partial charge in [0.25, 0.3) is 5.91 Å². The van der Waals surface area contributed by atoms with E-state index in [9.17, 15) is 4.79 Å². The molecule has 2 N–H and O–H groups in total. The number of aromatic nitrogens is 4. The van der Waals surface area contributed by atoms with E-state index in [0.29, 0.717) is 16.4 Å². The van der Waals surface area contributed by atoms with Crippen LogP contribution in [0.5, 0.6) is 0 Å². The van der Waals surface area contributed by atoms with Gasteiger partial charge >= 0.3 is 0 Å². The van der Waals surface area contributed by atoms with Crippen LogP contribution in [-0.2, 0) is 0 Å². The summed E-state index contributed by atoms with van der Waals surface area (Å²) in [6.07, 6.45) is 2.85. The second-order valence-corrected chi connectivity index (χ2v) is 4.28. The number of H-pyrrole nitrogens is 1. The molecule has 0 saturated carbocycles. The number of hydrogen-bond acceptors (Lipinski definition) is 4. The molecule has 1 atom stereocenters. The third-order valence-electron chi connectivity index (χ3n) is 2.43. The Balaban J connectivity index is 2.12. The van der Waals surface area contributed by atoms with Crippen LogP contribution in [0.2, 0.25) is 5.02 Å². The van der Waals surface area contributed by atoms with E-state index in [2.05, 4.69) is 25.5 Å². The van der Waals surface area contributed by atoms with E-state index in [1.807, 2.05) is 6.92 Å². The molecule has 6 nitrogen and oxygen atoms in total. The third kappa shape index (κ3) is 2.65. The molecule has 1 amide bonds. The standard InChI is InChI=1S/C11H12ClN5O/c1-6-3-9(12)8(4-13-6)11(18)16-7(2)10-14-5-15-17-10/h3-5,7H,1-2H3,(H,16,18)(H,14,15,17). The number of nitrogens with one attached hydrogen (secondary N) is 2. The first-order valence-electron chi connectivity index (χ1n) is 5.36. The number of pyridine rings is 1.